The van der Waals surface area contributed by atoms with Crippen molar-refractivity contribution in [3.63, 3.8) is 0 Å². The van der Waals surface area contributed by atoms with E-state index in [4.69, 9.17) is 23.9 Å². The number of nitrogens with zero attached hydrogens (tertiary/aromatic N) is 1. The molecule has 1 amide bonds. The van der Waals surface area contributed by atoms with Crippen LogP contribution in [0.1, 0.15) is 16.1 Å². The van der Waals surface area contributed by atoms with E-state index in [1.165, 1.54) is 0 Å². The SMILES string of the molecule is COc1ccc(OC)c(-c2nc(C(=O)NCc3ccc4c(c3)OCO4)cc3c2[nH]c2ccccc23)c1. The largest absolute Gasteiger partial charge is 0.497 e. The number of para-hydroxylation sites is 1. The molecule has 3 heterocycles. The van der Waals surface area contributed by atoms with Crippen LogP contribution in [0.15, 0.2) is 66.7 Å². The van der Waals surface area contributed by atoms with Gasteiger partial charge in [-0.05, 0) is 48.0 Å². The van der Waals surface area contributed by atoms with E-state index in [9.17, 15) is 4.79 Å². The first-order chi connectivity index (χ1) is 17.6. The lowest BCUT2D eigenvalue weighted by Gasteiger charge is -2.13. The van der Waals surface area contributed by atoms with Crippen molar-refractivity contribution in [2.45, 2.75) is 6.54 Å². The third-order valence-corrected chi connectivity index (χ3v) is 6.28. The number of fused-ring (bicyclic) bond motifs is 4. The molecule has 36 heavy (non-hydrogen) atoms. The first-order valence-corrected chi connectivity index (χ1v) is 11.4. The maximum Gasteiger partial charge on any atom is 0.270 e. The highest BCUT2D eigenvalue weighted by molar-refractivity contribution is 6.13. The van der Waals surface area contributed by atoms with Crippen LogP contribution in [0.3, 0.4) is 0 Å². The number of methoxy groups -OCH3 is 2. The van der Waals surface area contributed by atoms with Gasteiger partial charge in [-0.1, -0.05) is 24.3 Å². The molecular formula is C28H23N3O5. The monoisotopic (exact) mass is 481 g/mol. The van der Waals surface area contributed by atoms with Gasteiger partial charge in [-0.3, -0.25) is 4.79 Å². The number of benzene rings is 3. The van der Waals surface area contributed by atoms with E-state index in [0.717, 1.165) is 32.9 Å². The molecule has 6 rings (SSSR count). The van der Waals surface area contributed by atoms with Crippen molar-refractivity contribution in [1.82, 2.24) is 15.3 Å². The highest BCUT2D eigenvalue weighted by Gasteiger charge is 2.20. The minimum Gasteiger partial charge on any atom is -0.497 e. The number of pyridine rings is 1. The molecule has 8 heteroatoms. The fourth-order valence-electron chi connectivity index (χ4n) is 4.48. The second-order valence-electron chi connectivity index (χ2n) is 8.39. The number of amides is 1. The quantitative estimate of drug-likeness (QED) is 0.352. The van der Waals surface area contributed by atoms with Crippen molar-refractivity contribution in [2.24, 2.45) is 0 Å². The summed E-state index contributed by atoms with van der Waals surface area (Å²) in [5, 5.41) is 4.88. The molecule has 1 aliphatic heterocycles. The van der Waals surface area contributed by atoms with Crippen LogP contribution in [0.5, 0.6) is 23.0 Å². The van der Waals surface area contributed by atoms with Gasteiger partial charge in [-0.25, -0.2) is 4.98 Å². The van der Waals surface area contributed by atoms with Gasteiger partial charge in [-0.15, -0.1) is 0 Å². The molecule has 5 aromatic rings. The summed E-state index contributed by atoms with van der Waals surface area (Å²) >= 11 is 0. The second-order valence-corrected chi connectivity index (χ2v) is 8.39. The van der Waals surface area contributed by atoms with Gasteiger partial charge in [-0.2, -0.15) is 0 Å². The van der Waals surface area contributed by atoms with Gasteiger partial charge >= 0.3 is 0 Å². The van der Waals surface area contributed by atoms with Crippen LogP contribution in [0, 0.1) is 0 Å². The minimum absolute atomic E-state index is 0.205. The molecule has 0 bridgehead atoms. The van der Waals surface area contributed by atoms with Crippen LogP contribution in [0.4, 0.5) is 0 Å². The Labute approximate surface area is 206 Å². The topological polar surface area (TPSA) is 94.7 Å². The molecule has 180 valence electrons. The molecule has 0 saturated heterocycles. The average Bonchev–Trinajstić information content (AvgIpc) is 3.55. The van der Waals surface area contributed by atoms with E-state index in [1.54, 1.807) is 14.2 Å². The molecule has 0 spiro atoms. The fourth-order valence-corrected chi connectivity index (χ4v) is 4.48. The van der Waals surface area contributed by atoms with E-state index in [0.29, 0.717) is 40.9 Å². The third kappa shape index (κ3) is 3.73. The summed E-state index contributed by atoms with van der Waals surface area (Å²) in [4.78, 5) is 21.6. The molecular weight excluding hydrogens is 458 g/mol. The Hall–Kier alpha value is -4.72. The number of aromatic nitrogens is 2. The summed E-state index contributed by atoms with van der Waals surface area (Å²) in [7, 11) is 3.22. The molecule has 0 radical (unpaired) electrons. The zero-order valence-electron chi connectivity index (χ0n) is 19.8. The number of nitrogens with one attached hydrogen (secondary N) is 2. The Morgan fingerprint density at radius 3 is 2.69 bits per heavy atom. The Balaban J connectivity index is 1.44. The van der Waals surface area contributed by atoms with Gasteiger partial charge in [0.25, 0.3) is 5.91 Å². The normalized spacial score (nSPS) is 12.2. The standard InChI is InChI=1S/C28H23N3O5/c1-33-17-8-10-23(34-2)20(12-17)27-26-19(18-5-3-4-6-21(18)30-26)13-22(31-27)28(32)29-14-16-7-9-24-25(11-16)36-15-35-24/h3-13,30H,14-15H2,1-2H3,(H,29,32). The van der Waals surface area contributed by atoms with Crippen molar-refractivity contribution >= 4 is 27.7 Å². The number of carbonyl (C=O) groups excluding carboxylic acids is 1. The predicted octanol–water partition coefficient (Wildman–Crippen LogP) is 5.06. The number of H-pyrrole nitrogens is 1. The molecule has 2 aromatic heterocycles. The lowest BCUT2D eigenvalue weighted by atomic mass is 10.0. The van der Waals surface area contributed by atoms with E-state index in [-0.39, 0.29) is 12.7 Å². The van der Waals surface area contributed by atoms with Crippen LogP contribution in [0.2, 0.25) is 0 Å². The maximum absolute atomic E-state index is 13.3. The molecule has 0 fully saturated rings. The fraction of sp³-hybridized carbons (Fsp3) is 0.143. The third-order valence-electron chi connectivity index (χ3n) is 6.28. The summed E-state index contributed by atoms with van der Waals surface area (Å²) in [6.07, 6.45) is 0. The average molecular weight is 482 g/mol. The van der Waals surface area contributed by atoms with Crippen molar-refractivity contribution < 1.29 is 23.7 Å². The van der Waals surface area contributed by atoms with Gasteiger partial charge in [0.1, 0.15) is 17.2 Å². The van der Waals surface area contributed by atoms with Crippen LogP contribution in [-0.4, -0.2) is 36.9 Å². The minimum atomic E-state index is -0.289. The van der Waals surface area contributed by atoms with Crippen LogP contribution >= 0.6 is 0 Å². The van der Waals surface area contributed by atoms with Crippen molar-refractivity contribution in [1.29, 1.82) is 0 Å². The van der Waals surface area contributed by atoms with Gasteiger partial charge in [0, 0.05) is 28.4 Å². The second kappa shape index (κ2) is 8.81. The predicted molar refractivity (Wildman–Crippen MR) is 136 cm³/mol. The molecule has 0 saturated carbocycles. The number of ether oxygens (including phenoxy) is 4. The molecule has 1 aliphatic rings. The van der Waals surface area contributed by atoms with Gasteiger partial charge < -0.3 is 29.2 Å². The molecule has 8 nitrogen and oxygen atoms in total. The molecule has 0 atom stereocenters. The number of hydrogen-bond acceptors (Lipinski definition) is 6. The van der Waals surface area contributed by atoms with Crippen LogP contribution in [-0.2, 0) is 6.54 Å². The molecule has 2 N–H and O–H groups in total. The first kappa shape index (κ1) is 21.8. The van der Waals surface area contributed by atoms with Gasteiger partial charge in [0.15, 0.2) is 11.5 Å². The highest BCUT2D eigenvalue weighted by atomic mass is 16.7. The first-order valence-electron chi connectivity index (χ1n) is 11.4. The smallest absolute Gasteiger partial charge is 0.270 e. The highest BCUT2D eigenvalue weighted by Crippen LogP contribution is 2.38. The van der Waals surface area contributed by atoms with E-state index < -0.39 is 0 Å². The van der Waals surface area contributed by atoms with Crippen LogP contribution < -0.4 is 24.3 Å². The molecule has 0 aliphatic carbocycles. The van der Waals surface area contributed by atoms with E-state index in [2.05, 4.69) is 10.3 Å². The summed E-state index contributed by atoms with van der Waals surface area (Å²) in [6, 6.07) is 20.9. The Kier molecular flexibility index (Phi) is 5.33. The summed E-state index contributed by atoms with van der Waals surface area (Å²) in [5.74, 6) is 2.37. The van der Waals surface area contributed by atoms with Gasteiger partial charge in [0.2, 0.25) is 6.79 Å². The number of hydrogen-bond donors (Lipinski definition) is 2. The number of carbonyl (C=O) groups is 1. The summed E-state index contributed by atoms with van der Waals surface area (Å²) < 4.78 is 21.9. The van der Waals surface area contributed by atoms with Gasteiger partial charge in [0.05, 0.1) is 25.4 Å². The molecule has 3 aromatic carbocycles. The number of rotatable bonds is 6. The summed E-state index contributed by atoms with van der Waals surface area (Å²) in [5.41, 5.74) is 4.29. The van der Waals surface area contributed by atoms with Crippen molar-refractivity contribution in [3.05, 3.63) is 78.0 Å². The molecule has 0 unspecified atom stereocenters. The van der Waals surface area contributed by atoms with Crippen LogP contribution in [0.25, 0.3) is 33.1 Å². The Bertz CT molecular complexity index is 1630. The lowest BCUT2D eigenvalue weighted by Crippen LogP contribution is -2.24. The lowest BCUT2D eigenvalue weighted by molar-refractivity contribution is 0.0946. The Morgan fingerprint density at radius 2 is 1.83 bits per heavy atom. The number of aromatic amines is 1. The summed E-state index contributed by atoms with van der Waals surface area (Å²) in [6.45, 7) is 0.525. The van der Waals surface area contributed by atoms with Crippen molar-refractivity contribution in [3.8, 4) is 34.3 Å². The van der Waals surface area contributed by atoms with E-state index >= 15 is 0 Å². The maximum atomic E-state index is 13.3. The zero-order valence-corrected chi connectivity index (χ0v) is 19.8. The zero-order chi connectivity index (χ0) is 24.6. The Morgan fingerprint density at radius 1 is 0.972 bits per heavy atom. The van der Waals surface area contributed by atoms with Crippen molar-refractivity contribution in [2.75, 3.05) is 21.0 Å². The van der Waals surface area contributed by atoms with E-state index in [1.807, 2.05) is 66.7 Å².